The molecule has 0 saturated heterocycles. The summed E-state index contributed by atoms with van der Waals surface area (Å²) in [6.07, 6.45) is 0. The third-order valence-corrected chi connectivity index (χ3v) is 6.97. The van der Waals surface area contributed by atoms with E-state index in [9.17, 15) is 0 Å². The van der Waals surface area contributed by atoms with Gasteiger partial charge in [0.1, 0.15) is 0 Å². The SMILES string of the molecule is CC(C)(N)CO[Si](C)(c1ccccc1)c1ccccc1. The standard InChI is InChI=1S/C17H23NOSi/c1-17(2,18)14-19-20(3,15-10-6-4-7-11-15)16-12-8-5-9-13-16/h4-13H,14,18H2,1-3H3. The Morgan fingerprint density at radius 2 is 1.30 bits per heavy atom. The lowest BCUT2D eigenvalue weighted by molar-refractivity contribution is 0.243. The summed E-state index contributed by atoms with van der Waals surface area (Å²) in [5.74, 6) is 0. The van der Waals surface area contributed by atoms with Crippen LogP contribution >= 0.6 is 0 Å². The summed E-state index contributed by atoms with van der Waals surface area (Å²) < 4.78 is 6.38. The van der Waals surface area contributed by atoms with Gasteiger partial charge in [0.15, 0.2) is 0 Å². The van der Waals surface area contributed by atoms with E-state index >= 15 is 0 Å². The lowest BCUT2D eigenvalue weighted by Crippen LogP contribution is -2.60. The van der Waals surface area contributed by atoms with Gasteiger partial charge in [-0.3, -0.25) is 0 Å². The molecule has 2 rings (SSSR count). The third-order valence-electron chi connectivity index (χ3n) is 3.38. The average molecular weight is 285 g/mol. The second kappa shape index (κ2) is 5.91. The van der Waals surface area contributed by atoms with Gasteiger partial charge in [0.25, 0.3) is 8.32 Å². The zero-order valence-corrected chi connectivity index (χ0v) is 13.5. The fourth-order valence-corrected chi connectivity index (χ4v) is 5.16. The quantitative estimate of drug-likeness (QED) is 0.854. The van der Waals surface area contributed by atoms with Crippen molar-refractivity contribution in [2.24, 2.45) is 5.73 Å². The lowest BCUT2D eigenvalue weighted by atomic mass is 10.1. The molecule has 2 aromatic carbocycles. The molecule has 0 saturated carbocycles. The number of hydrogen-bond acceptors (Lipinski definition) is 2. The predicted molar refractivity (Wildman–Crippen MR) is 88.0 cm³/mol. The molecular formula is C17H23NOSi. The molecule has 3 heteroatoms. The Balaban J connectivity index is 2.39. The van der Waals surface area contributed by atoms with E-state index in [2.05, 4.69) is 55.1 Å². The Labute approximate surface area is 122 Å². The first-order chi connectivity index (χ1) is 9.42. The molecular weight excluding hydrogens is 262 g/mol. The molecule has 0 bridgehead atoms. The van der Waals surface area contributed by atoms with Gasteiger partial charge >= 0.3 is 0 Å². The monoisotopic (exact) mass is 285 g/mol. The predicted octanol–water partition coefficient (Wildman–Crippen LogP) is 2.13. The van der Waals surface area contributed by atoms with Crippen molar-refractivity contribution in [2.75, 3.05) is 6.61 Å². The molecule has 0 spiro atoms. The number of hydrogen-bond donors (Lipinski definition) is 1. The summed E-state index contributed by atoms with van der Waals surface area (Å²) in [5.41, 5.74) is 5.77. The van der Waals surface area contributed by atoms with Gasteiger partial charge in [-0.2, -0.15) is 0 Å². The molecule has 0 unspecified atom stereocenters. The molecule has 0 aliphatic rings. The molecule has 2 N–H and O–H groups in total. The molecule has 0 heterocycles. The van der Waals surface area contributed by atoms with Gasteiger partial charge in [-0.15, -0.1) is 0 Å². The Morgan fingerprint density at radius 1 is 0.900 bits per heavy atom. The first kappa shape index (κ1) is 15.0. The summed E-state index contributed by atoms with van der Waals surface area (Å²) in [4.78, 5) is 0. The van der Waals surface area contributed by atoms with Crippen LogP contribution in [-0.4, -0.2) is 20.5 Å². The Kier molecular flexibility index (Phi) is 4.43. The zero-order chi connectivity index (χ0) is 14.6. The fourth-order valence-electron chi connectivity index (χ4n) is 2.18. The van der Waals surface area contributed by atoms with Crippen LogP contribution in [0, 0.1) is 0 Å². The summed E-state index contributed by atoms with van der Waals surface area (Å²) >= 11 is 0. The van der Waals surface area contributed by atoms with E-state index in [0.29, 0.717) is 6.61 Å². The molecule has 0 aromatic heterocycles. The second-order valence-corrected chi connectivity index (χ2v) is 9.55. The fraction of sp³-hybridized carbons (Fsp3) is 0.294. The summed E-state index contributed by atoms with van der Waals surface area (Å²) in [6.45, 7) is 6.79. The normalized spacial score (nSPS) is 12.4. The van der Waals surface area contributed by atoms with Crippen molar-refractivity contribution >= 4 is 18.7 Å². The first-order valence-electron chi connectivity index (χ1n) is 6.96. The molecule has 0 atom stereocenters. The minimum atomic E-state index is -2.19. The van der Waals surface area contributed by atoms with Crippen molar-refractivity contribution in [3.05, 3.63) is 60.7 Å². The van der Waals surface area contributed by atoms with Gasteiger partial charge in [0.05, 0.1) is 6.61 Å². The highest BCUT2D eigenvalue weighted by atomic mass is 28.4. The second-order valence-electron chi connectivity index (χ2n) is 6.04. The number of benzene rings is 2. The first-order valence-corrected chi connectivity index (χ1v) is 9.36. The van der Waals surface area contributed by atoms with Gasteiger partial charge in [-0.05, 0) is 30.8 Å². The Morgan fingerprint density at radius 3 is 1.65 bits per heavy atom. The van der Waals surface area contributed by atoms with Crippen molar-refractivity contribution in [1.82, 2.24) is 0 Å². The summed E-state index contributed by atoms with van der Waals surface area (Å²) in [5, 5.41) is 2.55. The van der Waals surface area contributed by atoms with E-state index < -0.39 is 8.32 Å². The van der Waals surface area contributed by atoms with E-state index in [-0.39, 0.29) is 5.54 Å². The summed E-state index contributed by atoms with van der Waals surface area (Å²) in [6, 6.07) is 21.0. The van der Waals surface area contributed by atoms with Gasteiger partial charge < -0.3 is 10.2 Å². The highest BCUT2D eigenvalue weighted by Crippen LogP contribution is 2.10. The van der Waals surface area contributed by atoms with Crippen molar-refractivity contribution in [1.29, 1.82) is 0 Å². The van der Waals surface area contributed by atoms with Gasteiger partial charge in [0.2, 0.25) is 0 Å². The summed E-state index contributed by atoms with van der Waals surface area (Å²) in [7, 11) is -2.19. The van der Waals surface area contributed by atoms with E-state index in [1.807, 2.05) is 26.0 Å². The molecule has 0 amide bonds. The molecule has 2 nitrogen and oxygen atoms in total. The molecule has 20 heavy (non-hydrogen) atoms. The van der Waals surface area contributed by atoms with Crippen LogP contribution in [0.1, 0.15) is 13.8 Å². The minimum absolute atomic E-state index is 0.322. The Bertz CT molecular complexity index is 494. The lowest BCUT2D eigenvalue weighted by Gasteiger charge is -2.32. The van der Waals surface area contributed by atoms with E-state index in [1.54, 1.807) is 0 Å². The Hall–Kier alpha value is -1.42. The number of rotatable bonds is 5. The van der Waals surface area contributed by atoms with E-state index in [1.165, 1.54) is 10.4 Å². The van der Waals surface area contributed by atoms with Crippen LogP contribution in [0.25, 0.3) is 0 Å². The van der Waals surface area contributed by atoms with Crippen LogP contribution in [0.2, 0.25) is 6.55 Å². The molecule has 0 aliphatic heterocycles. The average Bonchev–Trinajstić information content (AvgIpc) is 2.46. The maximum Gasteiger partial charge on any atom is 0.252 e. The molecule has 0 radical (unpaired) electrons. The van der Waals surface area contributed by atoms with Crippen LogP contribution in [0.15, 0.2) is 60.7 Å². The van der Waals surface area contributed by atoms with Crippen molar-refractivity contribution in [2.45, 2.75) is 25.9 Å². The third kappa shape index (κ3) is 3.57. The topological polar surface area (TPSA) is 35.2 Å². The van der Waals surface area contributed by atoms with Crippen LogP contribution in [0.4, 0.5) is 0 Å². The maximum absolute atomic E-state index is 6.38. The van der Waals surface area contributed by atoms with Crippen molar-refractivity contribution in [3.8, 4) is 0 Å². The van der Waals surface area contributed by atoms with Gasteiger partial charge in [-0.1, -0.05) is 60.7 Å². The van der Waals surface area contributed by atoms with Crippen molar-refractivity contribution < 1.29 is 4.43 Å². The molecule has 2 aromatic rings. The van der Waals surface area contributed by atoms with Crippen LogP contribution in [-0.2, 0) is 4.43 Å². The van der Waals surface area contributed by atoms with Crippen LogP contribution in [0.5, 0.6) is 0 Å². The smallest absolute Gasteiger partial charge is 0.252 e. The largest absolute Gasteiger partial charge is 0.406 e. The highest BCUT2D eigenvalue weighted by molar-refractivity contribution is 6.96. The highest BCUT2D eigenvalue weighted by Gasteiger charge is 2.35. The zero-order valence-electron chi connectivity index (χ0n) is 12.5. The maximum atomic E-state index is 6.38. The van der Waals surface area contributed by atoms with E-state index in [0.717, 1.165) is 0 Å². The van der Waals surface area contributed by atoms with Crippen molar-refractivity contribution in [3.63, 3.8) is 0 Å². The van der Waals surface area contributed by atoms with Gasteiger partial charge in [0, 0.05) is 5.54 Å². The molecule has 106 valence electrons. The molecule has 0 aliphatic carbocycles. The number of nitrogens with two attached hydrogens (primary N) is 1. The van der Waals surface area contributed by atoms with E-state index in [4.69, 9.17) is 10.2 Å². The van der Waals surface area contributed by atoms with Crippen LogP contribution in [0.3, 0.4) is 0 Å². The molecule has 0 fully saturated rings. The van der Waals surface area contributed by atoms with Gasteiger partial charge in [-0.25, -0.2) is 0 Å². The minimum Gasteiger partial charge on any atom is -0.406 e. The van der Waals surface area contributed by atoms with Crippen LogP contribution < -0.4 is 16.1 Å².